The number of aldehydes is 1. The molecule has 1 aliphatic rings. The van der Waals surface area contributed by atoms with Gasteiger partial charge in [-0.1, -0.05) is 0 Å². The number of morpholine rings is 1. The van der Waals surface area contributed by atoms with Gasteiger partial charge in [-0.3, -0.25) is 19.8 Å². The molecule has 1 aromatic carbocycles. The first-order valence-corrected chi connectivity index (χ1v) is 6.98. The second-order valence-corrected chi connectivity index (χ2v) is 4.89. The van der Waals surface area contributed by atoms with Gasteiger partial charge in [-0.15, -0.1) is 0 Å². The average Bonchev–Trinajstić information content (AvgIpc) is 2.52. The Hall–Kier alpha value is -1.99. The number of carbonyl (C=O) groups excluding carboxylic acids is 1. The van der Waals surface area contributed by atoms with Crippen molar-refractivity contribution in [3.63, 3.8) is 0 Å². The minimum Gasteiger partial charge on any atom is -0.379 e. The number of benzene rings is 1. The number of carbonyl (C=O) groups is 1. The van der Waals surface area contributed by atoms with Gasteiger partial charge in [0.15, 0.2) is 0 Å². The summed E-state index contributed by atoms with van der Waals surface area (Å²) in [5, 5.41) is 14.1. The van der Waals surface area contributed by atoms with Crippen molar-refractivity contribution in [1.29, 1.82) is 0 Å². The lowest BCUT2D eigenvalue weighted by molar-refractivity contribution is -0.384. The molecule has 0 bridgehead atoms. The van der Waals surface area contributed by atoms with Crippen molar-refractivity contribution in [3.8, 4) is 0 Å². The number of nitro benzene ring substituents is 1. The second kappa shape index (κ2) is 7.70. The monoisotopic (exact) mass is 293 g/mol. The molecule has 0 aliphatic carbocycles. The molecule has 1 fully saturated rings. The quantitative estimate of drug-likeness (QED) is 0.355. The van der Waals surface area contributed by atoms with Gasteiger partial charge < -0.3 is 10.1 Å². The van der Waals surface area contributed by atoms with Crippen LogP contribution in [0.3, 0.4) is 0 Å². The van der Waals surface area contributed by atoms with E-state index < -0.39 is 4.92 Å². The van der Waals surface area contributed by atoms with Crippen molar-refractivity contribution in [3.05, 3.63) is 33.9 Å². The van der Waals surface area contributed by atoms with Crippen LogP contribution in [0, 0.1) is 10.1 Å². The third-order valence-electron chi connectivity index (χ3n) is 3.42. The van der Waals surface area contributed by atoms with Crippen LogP contribution in [0.25, 0.3) is 0 Å². The average molecular weight is 293 g/mol. The van der Waals surface area contributed by atoms with E-state index in [1.807, 2.05) is 0 Å². The highest BCUT2D eigenvalue weighted by atomic mass is 16.6. The number of hydrogen-bond donors (Lipinski definition) is 1. The zero-order chi connectivity index (χ0) is 15.1. The number of hydrogen-bond acceptors (Lipinski definition) is 6. The predicted molar refractivity (Wildman–Crippen MR) is 78.8 cm³/mol. The van der Waals surface area contributed by atoms with Crippen LogP contribution in [0.5, 0.6) is 0 Å². The Kier molecular flexibility index (Phi) is 5.65. The van der Waals surface area contributed by atoms with Gasteiger partial charge in [0.1, 0.15) is 12.0 Å². The van der Waals surface area contributed by atoms with Crippen molar-refractivity contribution in [2.24, 2.45) is 0 Å². The summed E-state index contributed by atoms with van der Waals surface area (Å²) in [4.78, 5) is 23.5. The van der Waals surface area contributed by atoms with Crippen LogP contribution >= 0.6 is 0 Å². The molecule has 0 spiro atoms. The fourth-order valence-corrected chi connectivity index (χ4v) is 2.27. The number of ether oxygens (including phenoxy) is 1. The molecule has 7 nitrogen and oxygen atoms in total. The van der Waals surface area contributed by atoms with Gasteiger partial charge in [0.25, 0.3) is 5.69 Å². The van der Waals surface area contributed by atoms with Crippen molar-refractivity contribution < 1.29 is 14.5 Å². The molecule has 2 rings (SSSR count). The fourth-order valence-electron chi connectivity index (χ4n) is 2.27. The van der Waals surface area contributed by atoms with E-state index in [0.29, 0.717) is 24.1 Å². The highest BCUT2D eigenvalue weighted by Crippen LogP contribution is 2.24. The Labute approximate surface area is 123 Å². The van der Waals surface area contributed by atoms with Crippen molar-refractivity contribution >= 4 is 17.7 Å². The van der Waals surface area contributed by atoms with Crippen LogP contribution in [0.2, 0.25) is 0 Å². The molecule has 1 N–H and O–H groups in total. The molecule has 1 aromatic rings. The SMILES string of the molecule is O=Cc1ccc(NCCCN2CCOCC2)c([N+](=O)[O-])c1. The number of rotatable bonds is 7. The first-order valence-electron chi connectivity index (χ1n) is 6.98. The molecule has 1 saturated heterocycles. The molecule has 0 amide bonds. The van der Waals surface area contributed by atoms with E-state index in [-0.39, 0.29) is 5.69 Å². The first-order chi connectivity index (χ1) is 10.2. The van der Waals surface area contributed by atoms with Crippen LogP contribution in [-0.4, -0.2) is 55.5 Å². The molecular weight excluding hydrogens is 274 g/mol. The summed E-state index contributed by atoms with van der Waals surface area (Å²) in [6.45, 7) is 5.01. The summed E-state index contributed by atoms with van der Waals surface area (Å²) in [6, 6.07) is 4.44. The Morgan fingerprint density at radius 3 is 2.81 bits per heavy atom. The number of anilines is 1. The largest absolute Gasteiger partial charge is 0.379 e. The standard InChI is InChI=1S/C14H19N3O4/c18-11-12-2-3-13(14(10-12)17(19)20)15-4-1-5-16-6-8-21-9-7-16/h2-3,10-11,15H,1,4-9H2. The summed E-state index contributed by atoms with van der Waals surface area (Å²) in [5.74, 6) is 0. The Balaban J connectivity index is 1.84. The van der Waals surface area contributed by atoms with Crippen molar-refractivity contribution in [1.82, 2.24) is 4.90 Å². The summed E-state index contributed by atoms with van der Waals surface area (Å²) in [5.41, 5.74) is 0.694. The fraction of sp³-hybridized carbons (Fsp3) is 0.500. The summed E-state index contributed by atoms with van der Waals surface area (Å²) >= 11 is 0. The normalized spacial score (nSPS) is 15.6. The van der Waals surface area contributed by atoms with Crippen LogP contribution in [0.1, 0.15) is 16.8 Å². The Morgan fingerprint density at radius 2 is 2.14 bits per heavy atom. The minimum atomic E-state index is -0.475. The lowest BCUT2D eigenvalue weighted by atomic mass is 10.2. The van der Waals surface area contributed by atoms with Crippen LogP contribution < -0.4 is 5.32 Å². The number of nitro groups is 1. The highest BCUT2D eigenvalue weighted by molar-refractivity contribution is 5.79. The molecule has 0 unspecified atom stereocenters. The molecule has 21 heavy (non-hydrogen) atoms. The zero-order valence-corrected chi connectivity index (χ0v) is 11.8. The minimum absolute atomic E-state index is 0.0639. The third kappa shape index (κ3) is 4.51. The van der Waals surface area contributed by atoms with E-state index >= 15 is 0 Å². The topological polar surface area (TPSA) is 84.7 Å². The van der Waals surface area contributed by atoms with Crippen LogP contribution in [0.15, 0.2) is 18.2 Å². The third-order valence-corrected chi connectivity index (χ3v) is 3.42. The summed E-state index contributed by atoms with van der Waals surface area (Å²) in [6.07, 6.45) is 1.50. The van der Waals surface area contributed by atoms with Gasteiger partial charge in [-0.05, 0) is 25.1 Å². The molecule has 0 saturated carbocycles. The summed E-state index contributed by atoms with van der Waals surface area (Å²) < 4.78 is 5.28. The number of nitrogens with one attached hydrogen (secondary N) is 1. The van der Waals surface area contributed by atoms with E-state index in [0.717, 1.165) is 39.3 Å². The molecule has 0 radical (unpaired) electrons. The van der Waals surface area contributed by atoms with Crippen LogP contribution in [0.4, 0.5) is 11.4 Å². The van der Waals surface area contributed by atoms with E-state index in [9.17, 15) is 14.9 Å². The zero-order valence-electron chi connectivity index (χ0n) is 11.8. The summed E-state index contributed by atoms with van der Waals surface area (Å²) in [7, 11) is 0. The van der Waals surface area contributed by atoms with Crippen molar-refractivity contribution in [2.75, 3.05) is 44.7 Å². The number of nitrogens with zero attached hydrogens (tertiary/aromatic N) is 2. The van der Waals surface area contributed by atoms with Gasteiger partial charge in [0.05, 0.1) is 18.1 Å². The Bertz CT molecular complexity index is 501. The smallest absolute Gasteiger partial charge is 0.293 e. The molecule has 1 heterocycles. The molecular formula is C14H19N3O4. The molecule has 0 atom stereocenters. The maximum absolute atomic E-state index is 11.0. The van der Waals surface area contributed by atoms with E-state index in [1.165, 1.54) is 6.07 Å². The maximum atomic E-state index is 11.0. The Morgan fingerprint density at radius 1 is 1.38 bits per heavy atom. The van der Waals surface area contributed by atoms with Gasteiger partial charge in [-0.2, -0.15) is 0 Å². The lowest BCUT2D eigenvalue weighted by Gasteiger charge is -2.26. The molecule has 0 aromatic heterocycles. The first kappa shape index (κ1) is 15.4. The second-order valence-electron chi connectivity index (χ2n) is 4.89. The molecule has 114 valence electrons. The van der Waals surface area contributed by atoms with Gasteiger partial charge in [0, 0.05) is 31.3 Å². The van der Waals surface area contributed by atoms with Crippen LogP contribution in [-0.2, 0) is 4.74 Å². The lowest BCUT2D eigenvalue weighted by Crippen LogP contribution is -2.37. The molecule has 7 heteroatoms. The van der Waals surface area contributed by atoms with Gasteiger partial charge in [-0.25, -0.2) is 0 Å². The highest BCUT2D eigenvalue weighted by Gasteiger charge is 2.14. The van der Waals surface area contributed by atoms with E-state index in [1.54, 1.807) is 12.1 Å². The maximum Gasteiger partial charge on any atom is 0.293 e. The van der Waals surface area contributed by atoms with Gasteiger partial charge in [0.2, 0.25) is 0 Å². The van der Waals surface area contributed by atoms with Gasteiger partial charge >= 0.3 is 0 Å². The predicted octanol–water partition coefficient (Wildman–Crippen LogP) is 1.54. The molecule has 1 aliphatic heterocycles. The van der Waals surface area contributed by atoms with E-state index in [2.05, 4.69) is 10.2 Å². The van der Waals surface area contributed by atoms with E-state index in [4.69, 9.17) is 4.74 Å². The van der Waals surface area contributed by atoms with Crippen molar-refractivity contribution in [2.45, 2.75) is 6.42 Å².